The lowest BCUT2D eigenvalue weighted by atomic mass is 10.1. The standard InChI is InChI=1S/C24H21N5O2/c25-13-17-2-1-3-21(11-17)29-15-20(12-23(29)30)24(31)28-8-6-19-10-18(4-5-22(19)28)14-27-9-7-26-16-27/h1-5,7,9-11,16,20H,6,8,12,14-15H2. The molecule has 1 saturated heterocycles. The highest BCUT2D eigenvalue weighted by Gasteiger charge is 2.39. The summed E-state index contributed by atoms with van der Waals surface area (Å²) in [6, 6.07) is 15.3. The molecular weight excluding hydrogens is 390 g/mol. The molecular formula is C24H21N5O2. The van der Waals surface area contributed by atoms with Crippen molar-refractivity contribution < 1.29 is 9.59 Å². The lowest BCUT2D eigenvalue weighted by molar-refractivity contribution is -0.124. The van der Waals surface area contributed by atoms with Crippen LogP contribution in [0.15, 0.2) is 61.2 Å². The quantitative estimate of drug-likeness (QED) is 0.661. The van der Waals surface area contributed by atoms with Gasteiger partial charge in [0.25, 0.3) is 0 Å². The Bertz CT molecular complexity index is 1190. The smallest absolute Gasteiger partial charge is 0.232 e. The van der Waals surface area contributed by atoms with Crippen LogP contribution in [0.2, 0.25) is 0 Å². The van der Waals surface area contributed by atoms with Crippen molar-refractivity contribution in [1.29, 1.82) is 5.26 Å². The van der Waals surface area contributed by atoms with Gasteiger partial charge in [-0.2, -0.15) is 5.26 Å². The number of amides is 2. The Morgan fingerprint density at radius 2 is 2.13 bits per heavy atom. The van der Waals surface area contributed by atoms with Gasteiger partial charge < -0.3 is 14.4 Å². The number of fused-ring (bicyclic) bond motifs is 1. The van der Waals surface area contributed by atoms with Gasteiger partial charge in [-0.25, -0.2) is 4.98 Å². The number of benzene rings is 2. The van der Waals surface area contributed by atoms with Crippen LogP contribution in [-0.2, 0) is 22.6 Å². The molecule has 0 N–H and O–H groups in total. The second kappa shape index (κ2) is 7.73. The van der Waals surface area contributed by atoms with Crippen molar-refractivity contribution in [2.75, 3.05) is 22.9 Å². The highest BCUT2D eigenvalue weighted by atomic mass is 16.2. The topological polar surface area (TPSA) is 82.2 Å². The minimum atomic E-state index is -0.380. The number of hydrogen-bond acceptors (Lipinski definition) is 4. The first kappa shape index (κ1) is 19.1. The predicted octanol–water partition coefficient (Wildman–Crippen LogP) is 2.75. The molecule has 5 rings (SSSR count). The molecule has 0 radical (unpaired) electrons. The van der Waals surface area contributed by atoms with E-state index in [4.69, 9.17) is 5.26 Å². The zero-order valence-electron chi connectivity index (χ0n) is 16.9. The van der Waals surface area contributed by atoms with Gasteiger partial charge in [0, 0.05) is 49.8 Å². The Kier molecular flexibility index (Phi) is 4.75. The van der Waals surface area contributed by atoms with Crippen LogP contribution in [0.3, 0.4) is 0 Å². The summed E-state index contributed by atoms with van der Waals surface area (Å²) in [5.74, 6) is -0.466. The van der Waals surface area contributed by atoms with Crippen molar-refractivity contribution in [3.05, 3.63) is 77.9 Å². The molecule has 7 heteroatoms. The largest absolute Gasteiger partial charge is 0.333 e. The number of imidazole rings is 1. The zero-order valence-corrected chi connectivity index (χ0v) is 16.9. The van der Waals surface area contributed by atoms with Crippen LogP contribution in [0.25, 0.3) is 0 Å². The van der Waals surface area contributed by atoms with Crippen molar-refractivity contribution in [2.24, 2.45) is 5.92 Å². The summed E-state index contributed by atoms with van der Waals surface area (Å²) >= 11 is 0. The molecule has 0 bridgehead atoms. The Labute approximate surface area is 180 Å². The molecule has 2 aromatic carbocycles. The number of rotatable bonds is 4. The summed E-state index contributed by atoms with van der Waals surface area (Å²) < 4.78 is 2.01. The molecule has 3 heterocycles. The Morgan fingerprint density at radius 3 is 2.94 bits per heavy atom. The van der Waals surface area contributed by atoms with Gasteiger partial charge >= 0.3 is 0 Å². The molecule has 2 aliphatic heterocycles. The molecule has 2 aliphatic rings. The van der Waals surface area contributed by atoms with Crippen molar-refractivity contribution >= 4 is 23.2 Å². The fourth-order valence-corrected chi connectivity index (χ4v) is 4.46. The van der Waals surface area contributed by atoms with Crippen LogP contribution in [0.4, 0.5) is 11.4 Å². The third kappa shape index (κ3) is 3.57. The van der Waals surface area contributed by atoms with E-state index < -0.39 is 0 Å². The fourth-order valence-electron chi connectivity index (χ4n) is 4.46. The Morgan fingerprint density at radius 1 is 1.23 bits per heavy atom. The molecule has 0 aliphatic carbocycles. The molecule has 0 saturated carbocycles. The summed E-state index contributed by atoms with van der Waals surface area (Å²) in [7, 11) is 0. The minimum absolute atomic E-state index is 0.00611. The van der Waals surface area contributed by atoms with Crippen molar-refractivity contribution in [1.82, 2.24) is 9.55 Å². The van der Waals surface area contributed by atoms with Crippen LogP contribution < -0.4 is 9.80 Å². The predicted molar refractivity (Wildman–Crippen MR) is 115 cm³/mol. The first-order chi connectivity index (χ1) is 15.1. The van der Waals surface area contributed by atoms with E-state index in [1.165, 1.54) is 5.56 Å². The number of carbonyl (C=O) groups excluding carboxylic acids is 2. The van der Waals surface area contributed by atoms with Gasteiger partial charge in [0.1, 0.15) is 0 Å². The van der Waals surface area contributed by atoms with E-state index in [1.54, 1.807) is 41.7 Å². The van der Waals surface area contributed by atoms with Crippen LogP contribution in [0.1, 0.15) is 23.1 Å². The molecule has 1 atom stereocenters. The van der Waals surface area contributed by atoms with Crippen molar-refractivity contribution in [3.63, 3.8) is 0 Å². The Balaban J connectivity index is 1.31. The van der Waals surface area contributed by atoms with Gasteiger partial charge in [-0.1, -0.05) is 18.2 Å². The maximum Gasteiger partial charge on any atom is 0.232 e. The van der Waals surface area contributed by atoms with Gasteiger partial charge in [0.2, 0.25) is 11.8 Å². The molecule has 154 valence electrons. The molecule has 2 amide bonds. The molecule has 1 fully saturated rings. The number of aromatic nitrogens is 2. The summed E-state index contributed by atoms with van der Waals surface area (Å²) in [6.07, 6.45) is 6.49. The van der Waals surface area contributed by atoms with Gasteiger partial charge in [-0.05, 0) is 41.8 Å². The monoisotopic (exact) mass is 411 g/mol. The highest BCUT2D eigenvalue weighted by Crippen LogP contribution is 2.33. The van der Waals surface area contributed by atoms with E-state index in [0.29, 0.717) is 24.3 Å². The Hall–Kier alpha value is -3.92. The zero-order chi connectivity index (χ0) is 21.4. The first-order valence-electron chi connectivity index (χ1n) is 10.3. The number of nitriles is 1. The van der Waals surface area contributed by atoms with Gasteiger partial charge in [-0.15, -0.1) is 0 Å². The number of carbonyl (C=O) groups is 2. The fraction of sp³-hybridized carbons (Fsp3) is 0.250. The highest BCUT2D eigenvalue weighted by molar-refractivity contribution is 6.05. The number of hydrogen-bond donors (Lipinski definition) is 0. The van der Waals surface area contributed by atoms with E-state index in [1.807, 2.05) is 27.8 Å². The van der Waals surface area contributed by atoms with Crippen molar-refractivity contribution in [2.45, 2.75) is 19.4 Å². The first-order valence-corrected chi connectivity index (χ1v) is 10.3. The normalized spacial score (nSPS) is 17.6. The number of nitrogens with zero attached hydrogens (tertiary/aromatic N) is 5. The maximum atomic E-state index is 13.3. The van der Waals surface area contributed by atoms with Gasteiger partial charge in [-0.3, -0.25) is 9.59 Å². The van der Waals surface area contributed by atoms with Crippen LogP contribution >= 0.6 is 0 Å². The van der Waals surface area contributed by atoms with Crippen LogP contribution in [0.5, 0.6) is 0 Å². The molecule has 1 aromatic heterocycles. The lowest BCUT2D eigenvalue weighted by Crippen LogP contribution is -2.36. The molecule has 3 aromatic rings. The van der Waals surface area contributed by atoms with Gasteiger partial charge in [0.15, 0.2) is 0 Å². The summed E-state index contributed by atoms with van der Waals surface area (Å²) in [5, 5.41) is 9.12. The number of anilines is 2. The second-order valence-electron chi connectivity index (χ2n) is 8.01. The second-order valence-corrected chi connectivity index (χ2v) is 8.01. The van der Waals surface area contributed by atoms with E-state index in [-0.39, 0.29) is 24.2 Å². The average molecular weight is 411 g/mol. The molecule has 7 nitrogen and oxygen atoms in total. The van der Waals surface area contributed by atoms with E-state index in [9.17, 15) is 9.59 Å². The SMILES string of the molecule is N#Cc1cccc(N2CC(C(=O)N3CCc4cc(Cn5ccnc5)ccc43)CC2=O)c1. The minimum Gasteiger partial charge on any atom is -0.333 e. The van der Waals surface area contributed by atoms with Crippen molar-refractivity contribution in [3.8, 4) is 6.07 Å². The van der Waals surface area contributed by atoms with E-state index >= 15 is 0 Å². The third-order valence-corrected chi connectivity index (χ3v) is 5.99. The summed E-state index contributed by atoms with van der Waals surface area (Å²) in [5.41, 5.74) is 4.45. The van der Waals surface area contributed by atoms with Crippen LogP contribution in [0, 0.1) is 17.2 Å². The van der Waals surface area contributed by atoms with E-state index in [2.05, 4.69) is 17.1 Å². The summed E-state index contributed by atoms with van der Waals surface area (Å²) in [4.78, 5) is 33.4. The van der Waals surface area contributed by atoms with E-state index in [0.717, 1.165) is 24.2 Å². The van der Waals surface area contributed by atoms with Gasteiger partial charge in [0.05, 0.1) is 23.9 Å². The third-order valence-electron chi connectivity index (χ3n) is 5.99. The molecule has 1 unspecified atom stereocenters. The molecule has 0 spiro atoms. The molecule has 31 heavy (non-hydrogen) atoms. The average Bonchev–Trinajstić information content (AvgIpc) is 3.53. The lowest BCUT2D eigenvalue weighted by Gasteiger charge is -2.22. The van der Waals surface area contributed by atoms with Crippen LogP contribution in [-0.4, -0.2) is 34.5 Å². The summed E-state index contributed by atoms with van der Waals surface area (Å²) in [6.45, 7) is 1.73. The maximum absolute atomic E-state index is 13.3.